The number of amides is 1. The van der Waals surface area contributed by atoms with Crippen molar-refractivity contribution in [3.8, 4) is 0 Å². The number of nitrogens with one attached hydrogen (secondary N) is 1. The Hall–Kier alpha value is -0.810. The molecular formula is C15H30N2O3. The fraction of sp³-hybridized carbons (Fsp3) is 0.933. The van der Waals surface area contributed by atoms with Crippen LogP contribution in [0.25, 0.3) is 0 Å². The minimum atomic E-state index is -0.427. The lowest BCUT2D eigenvalue weighted by molar-refractivity contribution is 0.0234. The molecule has 5 heteroatoms. The summed E-state index contributed by atoms with van der Waals surface area (Å²) in [7, 11) is 1.71. The van der Waals surface area contributed by atoms with Crippen molar-refractivity contribution in [1.29, 1.82) is 0 Å². The van der Waals surface area contributed by atoms with Crippen LogP contribution in [-0.4, -0.2) is 55.5 Å². The Labute approximate surface area is 123 Å². The minimum Gasteiger partial charge on any atom is -0.444 e. The molecule has 1 fully saturated rings. The molecule has 5 nitrogen and oxygen atoms in total. The SMILES string of the molecule is COCCC(C)NCCN(C(=O)OC(C)(C)C)C1CC1. The Kier molecular flexibility index (Phi) is 6.76. The average Bonchev–Trinajstić information content (AvgIpc) is 3.13. The summed E-state index contributed by atoms with van der Waals surface area (Å²) >= 11 is 0. The molecule has 0 aromatic rings. The second kappa shape index (κ2) is 7.84. The molecular weight excluding hydrogens is 256 g/mol. The lowest BCUT2D eigenvalue weighted by Gasteiger charge is -2.28. The molecule has 20 heavy (non-hydrogen) atoms. The molecule has 0 bridgehead atoms. The molecule has 0 aromatic carbocycles. The van der Waals surface area contributed by atoms with Gasteiger partial charge in [-0.2, -0.15) is 0 Å². The van der Waals surface area contributed by atoms with E-state index in [1.165, 1.54) is 0 Å². The summed E-state index contributed by atoms with van der Waals surface area (Å²) in [6.45, 7) is 10.1. The fourth-order valence-electron chi connectivity index (χ4n) is 1.96. The maximum atomic E-state index is 12.1. The summed E-state index contributed by atoms with van der Waals surface area (Å²) in [6, 6.07) is 0.774. The first-order chi connectivity index (χ1) is 9.33. The quantitative estimate of drug-likeness (QED) is 0.744. The Bertz CT molecular complexity index is 298. The van der Waals surface area contributed by atoms with Gasteiger partial charge in [0.1, 0.15) is 5.60 Å². The Morgan fingerprint density at radius 1 is 1.40 bits per heavy atom. The second-order valence-corrected chi connectivity index (χ2v) is 6.54. The van der Waals surface area contributed by atoms with Gasteiger partial charge in [0.05, 0.1) is 0 Å². The first-order valence-electron chi connectivity index (χ1n) is 7.55. The summed E-state index contributed by atoms with van der Waals surface area (Å²) < 4.78 is 10.5. The number of carbonyl (C=O) groups is 1. The van der Waals surface area contributed by atoms with Gasteiger partial charge in [0.25, 0.3) is 0 Å². The van der Waals surface area contributed by atoms with E-state index in [-0.39, 0.29) is 6.09 Å². The zero-order valence-electron chi connectivity index (χ0n) is 13.6. The average molecular weight is 286 g/mol. The maximum Gasteiger partial charge on any atom is 0.410 e. The first-order valence-corrected chi connectivity index (χ1v) is 7.55. The number of ether oxygens (including phenoxy) is 2. The van der Waals surface area contributed by atoms with Crippen LogP contribution in [0.3, 0.4) is 0 Å². The molecule has 0 spiro atoms. The molecule has 1 N–H and O–H groups in total. The number of carbonyl (C=O) groups excluding carboxylic acids is 1. The van der Waals surface area contributed by atoms with E-state index < -0.39 is 5.60 Å². The van der Waals surface area contributed by atoms with Gasteiger partial charge in [0.2, 0.25) is 0 Å². The summed E-state index contributed by atoms with van der Waals surface area (Å²) in [4.78, 5) is 14.0. The van der Waals surface area contributed by atoms with Crippen molar-refractivity contribution in [3.63, 3.8) is 0 Å². The van der Waals surface area contributed by atoms with Gasteiger partial charge in [-0.15, -0.1) is 0 Å². The van der Waals surface area contributed by atoms with E-state index in [9.17, 15) is 4.79 Å². The maximum absolute atomic E-state index is 12.1. The number of hydrogen-bond donors (Lipinski definition) is 1. The van der Waals surface area contributed by atoms with Crippen molar-refractivity contribution < 1.29 is 14.3 Å². The molecule has 0 aliphatic heterocycles. The Morgan fingerprint density at radius 3 is 2.55 bits per heavy atom. The van der Waals surface area contributed by atoms with Crippen LogP contribution in [0.1, 0.15) is 47.0 Å². The van der Waals surface area contributed by atoms with Crippen molar-refractivity contribution in [3.05, 3.63) is 0 Å². The van der Waals surface area contributed by atoms with Crippen LogP contribution in [-0.2, 0) is 9.47 Å². The van der Waals surface area contributed by atoms with Gasteiger partial charge in [-0.25, -0.2) is 4.79 Å². The van der Waals surface area contributed by atoms with E-state index in [2.05, 4.69) is 12.2 Å². The highest BCUT2D eigenvalue weighted by atomic mass is 16.6. The minimum absolute atomic E-state index is 0.189. The highest BCUT2D eigenvalue weighted by Gasteiger charge is 2.34. The van der Waals surface area contributed by atoms with Crippen molar-refractivity contribution >= 4 is 6.09 Å². The summed E-state index contributed by atoms with van der Waals surface area (Å²) in [5.74, 6) is 0. The molecule has 1 aliphatic rings. The first kappa shape index (κ1) is 17.2. The number of methoxy groups -OCH3 is 1. The van der Waals surface area contributed by atoms with Crippen LogP contribution in [0.15, 0.2) is 0 Å². The summed E-state index contributed by atoms with van der Waals surface area (Å²) in [6.07, 6.45) is 2.98. The van der Waals surface area contributed by atoms with Crippen LogP contribution < -0.4 is 5.32 Å². The van der Waals surface area contributed by atoms with Gasteiger partial charge in [0, 0.05) is 38.9 Å². The zero-order valence-corrected chi connectivity index (χ0v) is 13.6. The van der Waals surface area contributed by atoms with Gasteiger partial charge in [-0.3, -0.25) is 0 Å². The Balaban J connectivity index is 2.31. The summed E-state index contributed by atoms with van der Waals surface area (Å²) in [5.41, 5.74) is -0.427. The third-order valence-electron chi connectivity index (χ3n) is 3.22. The van der Waals surface area contributed by atoms with Crippen LogP contribution in [0.4, 0.5) is 4.79 Å². The van der Waals surface area contributed by atoms with E-state index in [1.807, 2.05) is 25.7 Å². The lowest BCUT2D eigenvalue weighted by atomic mass is 10.2. The predicted octanol–water partition coefficient (Wildman–Crippen LogP) is 2.40. The third kappa shape index (κ3) is 7.10. The number of hydrogen-bond acceptors (Lipinski definition) is 4. The van der Waals surface area contributed by atoms with E-state index in [0.717, 1.165) is 32.4 Å². The lowest BCUT2D eigenvalue weighted by Crippen LogP contribution is -2.43. The van der Waals surface area contributed by atoms with Gasteiger partial charge < -0.3 is 19.7 Å². The Morgan fingerprint density at radius 2 is 2.05 bits per heavy atom. The van der Waals surface area contributed by atoms with Crippen LogP contribution in [0.5, 0.6) is 0 Å². The highest BCUT2D eigenvalue weighted by molar-refractivity contribution is 5.69. The van der Waals surface area contributed by atoms with Gasteiger partial charge in [-0.05, 0) is 47.0 Å². The van der Waals surface area contributed by atoms with Gasteiger partial charge in [-0.1, -0.05) is 0 Å². The molecule has 1 aliphatic carbocycles. The molecule has 1 saturated carbocycles. The van der Waals surface area contributed by atoms with Crippen LogP contribution >= 0.6 is 0 Å². The van der Waals surface area contributed by atoms with Crippen molar-refractivity contribution in [2.45, 2.75) is 64.6 Å². The summed E-state index contributed by atoms with van der Waals surface area (Å²) in [5, 5.41) is 3.42. The molecule has 1 unspecified atom stereocenters. The number of rotatable bonds is 8. The molecule has 1 rings (SSSR count). The smallest absolute Gasteiger partial charge is 0.410 e. The second-order valence-electron chi connectivity index (χ2n) is 6.54. The largest absolute Gasteiger partial charge is 0.444 e. The van der Waals surface area contributed by atoms with E-state index in [4.69, 9.17) is 9.47 Å². The molecule has 0 heterocycles. The molecule has 1 amide bonds. The third-order valence-corrected chi connectivity index (χ3v) is 3.22. The monoisotopic (exact) mass is 286 g/mol. The van der Waals surface area contributed by atoms with E-state index in [0.29, 0.717) is 18.6 Å². The van der Waals surface area contributed by atoms with Gasteiger partial charge >= 0.3 is 6.09 Å². The predicted molar refractivity (Wildman–Crippen MR) is 79.9 cm³/mol. The molecule has 0 radical (unpaired) electrons. The van der Waals surface area contributed by atoms with Crippen molar-refractivity contribution in [2.75, 3.05) is 26.8 Å². The normalized spacial score (nSPS) is 16.9. The van der Waals surface area contributed by atoms with Gasteiger partial charge in [0.15, 0.2) is 0 Å². The highest BCUT2D eigenvalue weighted by Crippen LogP contribution is 2.28. The molecule has 0 saturated heterocycles. The van der Waals surface area contributed by atoms with Crippen LogP contribution in [0, 0.1) is 0 Å². The molecule has 0 aromatic heterocycles. The van der Waals surface area contributed by atoms with Crippen molar-refractivity contribution in [1.82, 2.24) is 10.2 Å². The molecule has 118 valence electrons. The standard InChI is InChI=1S/C15H30N2O3/c1-12(8-11-19-5)16-9-10-17(13-6-7-13)14(18)20-15(2,3)4/h12-13,16H,6-11H2,1-5H3. The number of nitrogens with zero attached hydrogens (tertiary/aromatic N) is 1. The van der Waals surface area contributed by atoms with E-state index in [1.54, 1.807) is 7.11 Å². The van der Waals surface area contributed by atoms with E-state index >= 15 is 0 Å². The van der Waals surface area contributed by atoms with Crippen molar-refractivity contribution in [2.24, 2.45) is 0 Å². The topological polar surface area (TPSA) is 50.8 Å². The fourth-order valence-corrected chi connectivity index (χ4v) is 1.96. The molecule has 1 atom stereocenters. The zero-order chi connectivity index (χ0) is 15.2. The van der Waals surface area contributed by atoms with Crippen LogP contribution in [0.2, 0.25) is 0 Å².